The van der Waals surface area contributed by atoms with Crippen LogP contribution in [0, 0.1) is 0 Å². The summed E-state index contributed by atoms with van der Waals surface area (Å²) in [5.74, 6) is 0.210. The molecule has 0 amide bonds. The number of aromatic hydroxyl groups is 1. The smallest absolute Gasteiger partial charge is 0.226 e. The van der Waals surface area contributed by atoms with Crippen molar-refractivity contribution in [2.24, 2.45) is 0 Å². The Morgan fingerprint density at radius 2 is 2.35 bits per heavy atom. The minimum atomic E-state index is -0.404. The van der Waals surface area contributed by atoms with Crippen LogP contribution in [0.2, 0.25) is 0 Å². The number of nitrogens with zero attached hydrogens (tertiary/aromatic N) is 1. The maximum Gasteiger partial charge on any atom is 0.226 e. The van der Waals surface area contributed by atoms with E-state index in [1.54, 1.807) is 0 Å². The molecule has 0 aromatic carbocycles. The first kappa shape index (κ1) is 11.7. The summed E-state index contributed by atoms with van der Waals surface area (Å²) in [6, 6.07) is 1.33. The minimum absolute atomic E-state index is 0.351. The lowest BCUT2D eigenvalue weighted by Crippen LogP contribution is -2.21. The summed E-state index contributed by atoms with van der Waals surface area (Å²) in [6.45, 7) is 8.07. The molecular weight excluding hydrogens is 218 g/mol. The highest BCUT2D eigenvalue weighted by Gasteiger charge is 2.18. The van der Waals surface area contributed by atoms with Crippen LogP contribution < -0.4 is 5.43 Å². The Balaban J connectivity index is 2.07. The van der Waals surface area contributed by atoms with E-state index in [2.05, 4.69) is 18.4 Å². The number of hydrogen-bond donors (Lipinski definition) is 1. The fourth-order valence-electron chi connectivity index (χ4n) is 1.97. The molecule has 0 saturated carbocycles. The Labute approximate surface area is 99.5 Å². The lowest BCUT2D eigenvalue weighted by Gasteiger charge is -2.14. The van der Waals surface area contributed by atoms with Gasteiger partial charge in [-0.2, -0.15) is 0 Å². The molecule has 0 spiro atoms. The van der Waals surface area contributed by atoms with Crippen molar-refractivity contribution in [1.82, 2.24) is 4.90 Å². The highest BCUT2D eigenvalue weighted by atomic mass is 16.4. The Hall–Kier alpha value is -1.81. The summed E-state index contributed by atoms with van der Waals surface area (Å²) in [7, 11) is 0. The Morgan fingerprint density at radius 1 is 1.59 bits per heavy atom. The van der Waals surface area contributed by atoms with Gasteiger partial charge in [-0.3, -0.25) is 9.69 Å². The van der Waals surface area contributed by atoms with Crippen LogP contribution in [0.1, 0.15) is 12.7 Å². The molecule has 17 heavy (non-hydrogen) atoms. The lowest BCUT2D eigenvalue weighted by atomic mass is 10.2. The van der Waals surface area contributed by atoms with Gasteiger partial charge in [0, 0.05) is 19.2 Å². The van der Waals surface area contributed by atoms with Gasteiger partial charge in [0.25, 0.3) is 0 Å². The van der Waals surface area contributed by atoms with Gasteiger partial charge in [-0.15, -0.1) is 0 Å². The van der Waals surface area contributed by atoms with Crippen molar-refractivity contribution in [3.05, 3.63) is 52.1 Å². The normalized spacial score (nSPS) is 16.5. The molecule has 0 saturated heterocycles. The summed E-state index contributed by atoms with van der Waals surface area (Å²) < 4.78 is 5.17. The topological polar surface area (TPSA) is 53.7 Å². The molecule has 4 heteroatoms. The van der Waals surface area contributed by atoms with Gasteiger partial charge < -0.3 is 9.52 Å². The van der Waals surface area contributed by atoms with Crippen LogP contribution in [0.25, 0.3) is 0 Å². The molecule has 1 aliphatic heterocycles. The van der Waals surface area contributed by atoms with Gasteiger partial charge in [0.15, 0.2) is 5.75 Å². The Morgan fingerprint density at radius 3 is 2.94 bits per heavy atom. The molecule has 1 aliphatic rings. The van der Waals surface area contributed by atoms with Crippen molar-refractivity contribution >= 4 is 0 Å². The van der Waals surface area contributed by atoms with Crippen LogP contribution in [0.3, 0.4) is 0 Å². The molecule has 1 aromatic rings. The number of rotatable bonds is 3. The first-order chi connectivity index (χ1) is 8.10. The van der Waals surface area contributed by atoms with Crippen molar-refractivity contribution < 1.29 is 9.52 Å². The monoisotopic (exact) mass is 233 g/mol. The van der Waals surface area contributed by atoms with Crippen LogP contribution in [-0.2, 0) is 6.54 Å². The van der Waals surface area contributed by atoms with Crippen molar-refractivity contribution in [2.75, 3.05) is 13.1 Å². The van der Waals surface area contributed by atoms with E-state index in [1.165, 1.54) is 17.2 Å². The fourth-order valence-corrected chi connectivity index (χ4v) is 1.97. The van der Waals surface area contributed by atoms with E-state index in [1.807, 2.05) is 6.08 Å². The second-order valence-electron chi connectivity index (χ2n) is 4.25. The Kier molecular flexibility index (Phi) is 3.15. The third kappa shape index (κ3) is 2.47. The average Bonchev–Trinajstić information content (AvgIpc) is 2.64. The van der Waals surface area contributed by atoms with E-state index >= 15 is 0 Å². The summed E-state index contributed by atoms with van der Waals surface area (Å²) >= 11 is 0. The van der Waals surface area contributed by atoms with Gasteiger partial charge in [0.2, 0.25) is 5.43 Å². The molecule has 1 aromatic heterocycles. The first-order valence-corrected chi connectivity index (χ1v) is 5.44. The fraction of sp³-hybridized carbons (Fsp3) is 0.308. The standard InChI is InChI=1S/C13H15NO3/c1-3-10-6-14(5-9(10)2)7-11-4-12(15)13(16)8-17-11/h3-4,8,16H,1,5-7H2,2H3. The lowest BCUT2D eigenvalue weighted by molar-refractivity contribution is 0.294. The predicted octanol–water partition coefficient (Wildman–Crippen LogP) is 1.66. The van der Waals surface area contributed by atoms with Crippen molar-refractivity contribution in [1.29, 1.82) is 0 Å². The largest absolute Gasteiger partial charge is 0.502 e. The maximum absolute atomic E-state index is 11.2. The van der Waals surface area contributed by atoms with E-state index in [-0.39, 0.29) is 5.75 Å². The molecule has 0 unspecified atom stereocenters. The summed E-state index contributed by atoms with van der Waals surface area (Å²) in [4.78, 5) is 13.4. The van der Waals surface area contributed by atoms with Crippen LogP contribution in [0.4, 0.5) is 0 Å². The zero-order valence-electron chi connectivity index (χ0n) is 9.77. The number of hydrogen-bond acceptors (Lipinski definition) is 4. The van der Waals surface area contributed by atoms with Gasteiger partial charge in [-0.1, -0.05) is 18.2 Å². The van der Waals surface area contributed by atoms with Gasteiger partial charge >= 0.3 is 0 Å². The highest BCUT2D eigenvalue weighted by Crippen LogP contribution is 2.19. The van der Waals surface area contributed by atoms with E-state index < -0.39 is 5.43 Å². The second-order valence-corrected chi connectivity index (χ2v) is 4.25. The molecule has 0 aliphatic carbocycles. The molecule has 2 rings (SSSR count). The van der Waals surface area contributed by atoms with Gasteiger partial charge in [0.1, 0.15) is 12.0 Å². The molecule has 0 bridgehead atoms. The molecule has 4 nitrogen and oxygen atoms in total. The summed E-state index contributed by atoms with van der Waals surface area (Å²) in [5, 5.41) is 9.09. The zero-order chi connectivity index (χ0) is 12.4. The molecule has 0 radical (unpaired) electrons. The quantitative estimate of drug-likeness (QED) is 0.862. The highest BCUT2D eigenvalue weighted by molar-refractivity contribution is 5.30. The van der Waals surface area contributed by atoms with Crippen LogP contribution >= 0.6 is 0 Å². The SMILES string of the molecule is C=CC1=C(C)CN(Cc2cc(=O)c(O)co2)C1. The molecule has 1 N–H and O–H groups in total. The van der Waals surface area contributed by atoms with E-state index in [4.69, 9.17) is 9.52 Å². The van der Waals surface area contributed by atoms with Crippen LogP contribution in [-0.4, -0.2) is 23.1 Å². The van der Waals surface area contributed by atoms with Gasteiger partial charge in [-0.25, -0.2) is 0 Å². The molecule has 0 fully saturated rings. The third-order valence-electron chi connectivity index (χ3n) is 2.90. The first-order valence-electron chi connectivity index (χ1n) is 5.44. The molecule has 90 valence electrons. The van der Waals surface area contributed by atoms with Gasteiger partial charge in [-0.05, 0) is 12.5 Å². The zero-order valence-corrected chi connectivity index (χ0v) is 9.77. The second kappa shape index (κ2) is 4.59. The molecular formula is C13H15NO3. The van der Waals surface area contributed by atoms with Crippen molar-refractivity contribution in [3.8, 4) is 5.75 Å². The van der Waals surface area contributed by atoms with E-state index in [9.17, 15) is 4.79 Å². The van der Waals surface area contributed by atoms with E-state index in [0.29, 0.717) is 12.3 Å². The molecule has 0 atom stereocenters. The van der Waals surface area contributed by atoms with Crippen molar-refractivity contribution in [3.63, 3.8) is 0 Å². The average molecular weight is 233 g/mol. The minimum Gasteiger partial charge on any atom is -0.502 e. The van der Waals surface area contributed by atoms with E-state index in [0.717, 1.165) is 19.4 Å². The van der Waals surface area contributed by atoms with Crippen LogP contribution in [0.5, 0.6) is 5.75 Å². The molecule has 2 heterocycles. The third-order valence-corrected chi connectivity index (χ3v) is 2.90. The maximum atomic E-state index is 11.2. The summed E-state index contributed by atoms with van der Waals surface area (Å²) in [5.41, 5.74) is 2.12. The van der Waals surface area contributed by atoms with Crippen LogP contribution in [0.15, 0.2) is 45.3 Å². The predicted molar refractivity (Wildman–Crippen MR) is 64.8 cm³/mol. The van der Waals surface area contributed by atoms with Gasteiger partial charge in [0.05, 0.1) is 6.54 Å². The Bertz CT molecular complexity index is 528. The summed E-state index contributed by atoms with van der Waals surface area (Å²) in [6.07, 6.45) is 2.95. The van der Waals surface area contributed by atoms with Crippen molar-refractivity contribution in [2.45, 2.75) is 13.5 Å².